The number of benzene rings is 3. The summed E-state index contributed by atoms with van der Waals surface area (Å²) in [5, 5.41) is 6.62. The van der Waals surface area contributed by atoms with Crippen molar-refractivity contribution >= 4 is 12.1 Å². The minimum Gasteiger partial charge on any atom is -0.386 e. The van der Waals surface area contributed by atoms with Gasteiger partial charge in [-0.25, -0.2) is 4.39 Å². The lowest BCUT2D eigenvalue weighted by molar-refractivity contribution is -0.126. The van der Waals surface area contributed by atoms with E-state index in [-0.39, 0.29) is 18.6 Å². The van der Waals surface area contributed by atoms with Gasteiger partial charge in [-0.2, -0.15) is 0 Å². The molecule has 0 aromatic heterocycles. The largest absolute Gasteiger partial charge is 0.386 e. The van der Waals surface area contributed by atoms with E-state index < -0.39 is 5.82 Å². The monoisotopic (exact) mass is 362 g/mol. The van der Waals surface area contributed by atoms with Gasteiger partial charge in [0.2, 0.25) is 0 Å². The molecule has 136 valence electrons. The van der Waals surface area contributed by atoms with Crippen LogP contribution in [0.25, 0.3) is 0 Å². The summed E-state index contributed by atoms with van der Waals surface area (Å²) < 4.78 is 13.5. The van der Waals surface area contributed by atoms with Gasteiger partial charge in [-0.3, -0.25) is 4.79 Å². The fourth-order valence-electron chi connectivity index (χ4n) is 2.62. The number of oxime groups is 1. The van der Waals surface area contributed by atoms with E-state index >= 15 is 0 Å². The van der Waals surface area contributed by atoms with E-state index in [0.29, 0.717) is 5.56 Å². The van der Waals surface area contributed by atoms with Gasteiger partial charge in [0.1, 0.15) is 5.82 Å². The molecule has 0 aliphatic heterocycles. The van der Waals surface area contributed by atoms with E-state index in [1.807, 2.05) is 60.7 Å². The zero-order valence-corrected chi connectivity index (χ0v) is 14.6. The molecule has 0 radical (unpaired) electrons. The quantitative estimate of drug-likeness (QED) is 0.509. The Morgan fingerprint density at radius 1 is 0.926 bits per heavy atom. The lowest BCUT2D eigenvalue weighted by Crippen LogP contribution is -2.31. The Kier molecular flexibility index (Phi) is 6.30. The van der Waals surface area contributed by atoms with Gasteiger partial charge in [0.25, 0.3) is 5.91 Å². The molecule has 4 nitrogen and oxygen atoms in total. The van der Waals surface area contributed by atoms with Crippen molar-refractivity contribution in [3.8, 4) is 0 Å². The van der Waals surface area contributed by atoms with Crippen LogP contribution in [0.3, 0.4) is 0 Å². The molecule has 0 aliphatic carbocycles. The number of hydrogen-bond donors (Lipinski definition) is 1. The predicted octanol–water partition coefficient (Wildman–Crippen LogP) is 4.08. The smallest absolute Gasteiger partial charge is 0.261 e. The van der Waals surface area contributed by atoms with Crippen LogP contribution in [0, 0.1) is 5.82 Å². The molecule has 0 bridgehead atoms. The Labute approximate surface area is 157 Å². The van der Waals surface area contributed by atoms with Crippen molar-refractivity contribution in [2.24, 2.45) is 5.16 Å². The number of amides is 1. The number of nitrogens with zero attached hydrogens (tertiary/aromatic N) is 1. The minimum atomic E-state index is -0.400. The van der Waals surface area contributed by atoms with Crippen LogP contribution in [0.4, 0.5) is 4.39 Å². The average Bonchev–Trinajstić information content (AvgIpc) is 2.72. The number of nitrogens with one attached hydrogen (secondary N) is 1. The normalized spacial score (nSPS) is 10.9. The summed E-state index contributed by atoms with van der Waals surface area (Å²) in [6.07, 6.45) is 1.24. The van der Waals surface area contributed by atoms with Crippen molar-refractivity contribution in [1.82, 2.24) is 5.32 Å². The lowest BCUT2D eigenvalue weighted by Gasteiger charge is -2.19. The SMILES string of the molecule is O=C(CO/N=C\c1ccccc1F)NC(c1ccccc1)c1ccccc1. The molecule has 3 rings (SSSR count). The maximum atomic E-state index is 13.5. The van der Waals surface area contributed by atoms with Crippen LogP contribution in [0.15, 0.2) is 90.1 Å². The molecule has 0 saturated heterocycles. The maximum absolute atomic E-state index is 13.5. The molecule has 3 aromatic carbocycles. The summed E-state index contributed by atoms with van der Waals surface area (Å²) in [7, 11) is 0. The van der Waals surface area contributed by atoms with Crippen LogP contribution in [0.1, 0.15) is 22.7 Å². The molecule has 0 aliphatic rings. The number of carbonyl (C=O) groups is 1. The average molecular weight is 362 g/mol. The standard InChI is InChI=1S/C22H19FN2O2/c23-20-14-8-7-13-19(20)15-24-27-16-21(26)25-22(17-9-3-1-4-10-17)18-11-5-2-6-12-18/h1-15,22H,16H2,(H,25,26)/b24-15-. The predicted molar refractivity (Wildman–Crippen MR) is 103 cm³/mol. The van der Waals surface area contributed by atoms with Crippen molar-refractivity contribution in [3.05, 3.63) is 107 Å². The van der Waals surface area contributed by atoms with Crippen molar-refractivity contribution in [2.45, 2.75) is 6.04 Å². The van der Waals surface area contributed by atoms with E-state index in [0.717, 1.165) is 11.1 Å². The molecule has 0 fully saturated rings. The molecule has 0 atom stereocenters. The van der Waals surface area contributed by atoms with Gasteiger partial charge < -0.3 is 10.2 Å². The fraction of sp³-hybridized carbons (Fsp3) is 0.0909. The highest BCUT2D eigenvalue weighted by Crippen LogP contribution is 2.21. The zero-order valence-electron chi connectivity index (χ0n) is 14.6. The first-order valence-corrected chi connectivity index (χ1v) is 8.53. The topological polar surface area (TPSA) is 50.7 Å². The van der Waals surface area contributed by atoms with E-state index in [1.165, 1.54) is 12.3 Å². The molecule has 1 N–H and O–H groups in total. The third-order valence-corrected chi connectivity index (χ3v) is 3.94. The van der Waals surface area contributed by atoms with Crippen molar-refractivity contribution in [3.63, 3.8) is 0 Å². The Bertz CT molecular complexity index is 859. The lowest BCUT2D eigenvalue weighted by atomic mass is 9.99. The number of rotatable bonds is 7. The maximum Gasteiger partial charge on any atom is 0.261 e. The molecular formula is C22H19FN2O2. The molecule has 27 heavy (non-hydrogen) atoms. The highest BCUT2D eigenvalue weighted by Gasteiger charge is 2.16. The first-order chi connectivity index (χ1) is 13.2. The third-order valence-electron chi connectivity index (χ3n) is 3.94. The molecule has 0 heterocycles. The van der Waals surface area contributed by atoms with Crippen LogP contribution in [0.2, 0.25) is 0 Å². The van der Waals surface area contributed by atoms with E-state index in [2.05, 4.69) is 10.5 Å². The number of halogens is 1. The van der Waals surface area contributed by atoms with Gasteiger partial charge in [-0.15, -0.1) is 0 Å². The molecule has 0 saturated carbocycles. The fourth-order valence-corrected chi connectivity index (χ4v) is 2.62. The first kappa shape index (κ1) is 18.3. The Hall–Kier alpha value is -3.47. The Morgan fingerprint density at radius 2 is 1.48 bits per heavy atom. The van der Waals surface area contributed by atoms with Crippen LogP contribution in [-0.2, 0) is 9.63 Å². The van der Waals surface area contributed by atoms with E-state index in [4.69, 9.17) is 4.84 Å². The second kappa shape index (κ2) is 9.29. The third kappa shape index (κ3) is 5.25. The summed E-state index contributed by atoms with van der Waals surface area (Å²) in [4.78, 5) is 17.3. The second-order valence-electron chi connectivity index (χ2n) is 5.85. The second-order valence-corrected chi connectivity index (χ2v) is 5.85. The van der Waals surface area contributed by atoms with Crippen molar-refractivity contribution < 1.29 is 14.0 Å². The summed E-state index contributed by atoms with van der Waals surface area (Å²) in [5.41, 5.74) is 2.23. The zero-order chi connectivity index (χ0) is 18.9. The van der Waals surface area contributed by atoms with Crippen molar-refractivity contribution in [2.75, 3.05) is 6.61 Å². The van der Waals surface area contributed by atoms with Crippen molar-refractivity contribution in [1.29, 1.82) is 0 Å². The molecule has 0 spiro atoms. The molecule has 0 unspecified atom stereocenters. The molecular weight excluding hydrogens is 343 g/mol. The van der Waals surface area contributed by atoms with Crippen LogP contribution >= 0.6 is 0 Å². The van der Waals surface area contributed by atoms with Gasteiger partial charge in [0.05, 0.1) is 12.3 Å². The first-order valence-electron chi connectivity index (χ1n) is 8.53. The highest BCUT2D eigenvalue weighted by molar-refractivity contribution is 5.80. The summed E-state index contributed by atoms with van der Waals surface area (Å²) in [5.74, 6) is -0.721. The summed E-state index contributed by atoms with van der Waals surface area (Å²) in [6.45, 7) is -0.263. The van der Waals surface area contributed by atoms with Crippen LogP contribution < -0.4 is 5.32 Å². The highest BCUT2D eigenvalue weighted by atomic mass is 19.1. The number of hydrogen-bond acceptors (Lipinski definition) is 3. The Morgan fingerprint density at radius 3 is 2.07 bits per heavy atom. The molecule has 1 amide bonds. The van der Waals surface area contributed by atoms with Crippen LogP contribution in [-0.4, -0.2) is 18.7 Å². The molecule has 5 heteroatoms. The van der Waals surface area contributed by atoms with Gasteiger partial charge in [0.15, 0.2) is 6.61 Å². The van der Waals surface area contributed by atoms with Gasteiger partial charge in [-0.1, -0.05) is 84.0 Å². The Balaban J connectivity index is 1.62. The van der Waals surface area contributed by atoms with Crippen LogP contribution in [0.5, 0.6) is 0 Å². The van der Waals surface area contributed by atoms with E-state index in [9.17, 15) is 9.18 Å². The summed E-state index contributed by atoms with van der Waals surface area (Å²) in [6, 6.07) is 25.3. The van der Waals surface area contributed by atoms with Gasteiger partial charge in [0, 0.05) is 5.56 Å². The van der Waals surface area contributed by atoms with Gasteiger partial charge in [-0.05, 0) is 17.2 Å². The number of carbonyl (C=O) groups excluding carboxylic acids is 1. The van der Waals surface area contributed by atoms with Gasteiger partial charge >= 0.3 is 0 Å². The minimum absolute atomic E-state index is 0.263. The molecule has 3 aromatic rings. The van der Waals surface area contributed by atoms with E-state index in [1.54, 1.807) is 18.2 Å². The summed E-state index contributed by atoms with van der Waals surface area (Å²) >= 11 is 0.